The number of nitrogens with zero attached hydrogens (tertiary/aromatic N) is 1. The molecule has 2 rings (SSSR count). The highest BCUT2D eigenvalue weighted by atomic mass is 15.2. The lowest BCUT2D eigenvalue weighted by atomic mass is 10.1. The van der Waals surface area contributed by atoms with Crippen molar-refractivity contribution in [3.8, 4) is 0 Å². The van der Waals surface area contributed by atoms with Crippen molar-refractivity contribution in [3.05, 3.63) is 42.1 Å². The predicted molar refractivity (Wildman–Crippen MR) is 52.8 cm³/mol. The van der Waals surface area contributed by atoms with E-state index in [4.69, 9.17) is 5.84 Å². The standard InChI is InChI=1S/C10H11N3/c11-13-7-8-5-6-12-10-4-2-1-3-9(8)10/h1-6,13H,7,11H2. The molecule has 0 unspecified atom stereocenters. The number of aromatic nitrogens is 1. The predicted octanol–water partition coefficient (Wildman–Crippen LogP) is 1.20. The second-order valence-corrected chi connectivity index (χ2v) is 2.87. The van der Waals surface area contributed by atoms with Gasteiger partial charge in [-0.3, -0.25) is 16.3 Å². The Labute approximate surface area is 76.6 Å². The van der Waals surface area contributed by atoms with Crippen LogP contribution in [0.25, 0.3) is 10.9 Å². The first kappa shape index (κ1) is 8.16. The second-order valence-electron chi connectivity index (χ2n) is 2.87. The number of hydrazine groups is 1. The van der Waals surface area contributed by atoms with Crippen molar-refractivity contribution in [1.29, 1.82) is 0 Å². The molecule has 0 amide bonds. The van der Waals surface area contributed by atoms with E-state index in [-0.39, 0.29) is 0 Å². The van der Waals surface area contributed by atoms with Gasteiger partial charge in [0, 0.05) is 18.1 Å². The minimum Gasteiger partial charge on any atom is -0.271 e. The number of rotatable bonds is 2. The van der Waals surface area contributed by atoms with Gasteiger partial charge in [-0.25, -0.2) is 0 Å². The number of nitrogens with one attached hydrogen (secondary N) is 1. The van der Waals surface area contributed by atoms with Gasteiger partial charge in [0.2, 0.25) is 0 Å². The summed E-state index contributed by atoms with van der Waals surface area (Å²) >= 11 is 0. The highest BCUT2D eigenvalue weighted by Gasteiger charge is 1.98. The Morgan fingerprint density at radius 1 is 1.23 bits per heavy atom. The smallest absolute Gasteiger partial charge is 0.0705 e. The summed E-state index contributed by atoms with van der Waals surface area (Å²) in [6, 6.07) is 10.0. The fraction of sp³-hybridized carbons (Fsp3) is 0.100. The molecular weight excluding hydrogens is 162 g/mol. The van der Waals surface area contributed by atoms with Crippen molar-refractivity contribution >= 4 is 10.9 Å². The summed E-state index contributed by atoms with van der Waals surface area (Å²) in [5.74, 6) is 5.28. The lowest BCUT2D eigenvalue weighted by Crippen LogP contribution is -2.20. The fourth-order valence-electron chi connectivity index (χ4n) is 1.42. The van der Waals surface area contributed by atoms with E-state index in [0.717, 1.165) is 10.9 Å². The summed E-state index contributed by atoms with van der Waals surface area (Å²) in [6.07, 6.45) is 1.80. The Hall–Kier alpha value is -1.45. The molecule has 0 fully saturated rings. The molecule has 3 heteroatoms. The number of para-hydroxylation sites is 1. The summed E-state index contributed by atoms with van der Waals surface area (Å²) in [6.45, 7) is 0.670. The average molecular weight is 173 g/mol. The molecule has 0 radical (unpaired) electrons. The Balaban J connectivity index is 2.61. The zero-order valence-electron chi connectivity index (χ0n) is 7.20. The molecule has 1 heterocycles. The highest BCUT2D eigenvalue weighted by molar-refractivity contribution is 5.81. The molecule has 0 bridgehead atoms. The van der Waals surface area contributed by atoms with Crippen molar-refractivity contribution in [1.82, 2.24) is 10.4 Å². The zero-order valence-corrected chi connectivity index (χ0v) is 7.20. The molecule has 0 atom stereocenters. The van der Waals surface area contributed by atoms with Gasteiger partial charge in [0.1, 0.15) is 0 Å². The number of nitrogens with two attached hydrogens (primary N) is 1. The van der Waals surface area contributed by atoms with Crippen LogP contribution in [0.1, 0.15) is 5.56 Å². The van der Waals surface area contributed by atoms with Gasteiger partial charge in [0.15, 0.2) is 0 Å². The van der Waals surface area contributed by atoms with E-state index in [2.05, 4.69) is 16.5 Å². The Kier molecular flexibility index (Phi) is 2.21. The molecule has 0 aliphatic rings. The minimum atomic E-state index is 0.670. The molecule has 0 spiro atoms. The first-order chi connectivity index (χ1) is 6.42. The lowest BCUT2D eigenvalue weighted by Gasteiger charge is -2.03. The molecule has 1 aromatic carbocycles. The molecule has 13 heavy (non-hydrogen) atoms. The summed E-state index contributed by atoms with van der Waals surface area (Å²) < 4.78 is 0. The third-order valence-electron chi connectivity index (χ3n) is 2.03. The van der Waals surface area contributed by atoms with Crippen molar-refractivity contribution in [3.63, 3.8) is 0 Å². The van der Waals surface area contributed by atoms with Crippen molar-refractivity contribution in [2.45, 2.75) is 6.54 Å². The van der Waals surface area contributed by atoms with Gasteiger partial charge in [0.05, 0.1) is 5.52 Å². The number of pyridine rings is 1. The third-order valence-corrected chi connectivity index (χ3v) is 2.03. The van der Waals surface area contributed by atoms with E-state index < -0.39 is 0 Å². The van der Waals surface area contributed by atoms with Crippen molar-refractivity contribution in [2.24, 2.45) is 5.84 Å². The molecule has 2 aromatic rings. The minimum absolute atomic E-state index is 0.670. The van der Waals surface area contributed by atoms with Crippen LogP contribution in [-0.2, 0) is 6.54 Å². The number of benzene rings is 1. The maximum Gasteiger partial charge on any atom is 0.0705 e. The van der Waals surface area contributed by atoms with Crippen LogP contribution in [0.5, 0.6) is 0 Å². The van der Waals surface area contributed by atoms with Gasteiger partial charge in [-0.05, 0) is 17.7 Å². The van der Waals surface area contributed by atoms with Crippen molar-refractivity contribution < 1.29 is 0 Å². The average Bonchev–Trinajstić information content (AvgIpc) is 2.19. The first-order valence-corrected chi connectivity index (χ1v) is 4.18. The lowest BCUT2D eigenvalue weighted by molar-refractivity contribution is 0.745. The van der Waals surface area contributed by atoms with E-state index in [1.807, 2.05) is 24.3 Å². The number of hydrogen-bond donors (Lipinski definition) is 2. The van der Waals surface area contributed by atoms with E-state index in [9.17, 15) is 0 Å². The maximum absolute atomic E-state index is 5.28. The van der Waals surface area contributed by atoms with E-state index in [1.54, 1.807) is 6.20 Å². The summed E-state index contributed by atoms with van der Waals surface area (Å²) in [5, 5.41) is 1.16. The first-order valence-electron chi connectivity index (χ1n) is 4.18. The van der Waals surface area contributed by atoms with E-state index in [0.29, 0.717) is 6.54 Å². The molecule has 0 aliphatic carbocycles. The van der Waals surface area contributed by atoms with Gasteiger partial charge >= 0.3 is 0 Å². The van der Waals surface area contributed by atoms with Crippen LogP contribution in [0.15, 0.2) is 36.5 Å². The summed E-state index contributed by atoms with van der Waals surface area (Å²) in [7, 11) is 0. The van der Waals surface area contributed by atoms with E-state index in [1.165, 1.54) is 5.56 Å². The van der Waals surface area contributed by atoms with Crippen LogP contribution in [-0.4, -0.2) is 4.98 Å². The molecule has 66 valence electrons. The molecule has 0 aliphatic heterocycles. The molecule has 3 N–H and O–H groups in total. The summed E-state index contributed by atoms with van der Waals surface area (Å²) in [4.78, 5) is 4.26. The molecule has 1 aromatic heterocycles. The monoisotopic (exact) mass is 173 g/mol. The van der Waals surface area contributed by atoms with Crippen LogP contribution in [0, 0.1) is 0 Å². The topological polar surface area (TPSA) is 50.9 Å². The SMILES string of the molecule is NNCc1ccnc2ccccc12. The molecule has 3 nitrogen and oxygen atoms in total. The van der Waals surface area contributed by atoms with Gasteiger partial charge in [-0.1, -0.05) is 18.2 Å². The van der Waals surface area contributed by atoms with Crippen LogP contribution in [0.4, 0.5) is 0 Å². The van der Waals surface area contributed by atoms with Crippen LogP contribution in [0.3, 0.4) is 0 Å². The van der Waals surface area contributed by atoms with Gasteiger partial charge < -0.3 is 0 Å². The molecule has 0 saturated carbocycles. The van der Waals surface area contributed by atoms with Crippen LogP contribution in [0.2, 0.25) is 0 Å². The van der Waals surface area contributed by atoms with E-state index >= 15 is 0 Å². The fourth-order valence-corrected chi connectivity index (χ4v) is 1.42. The van der Waals surface area contributed by atoms with Crippen molar-refractivity contribution in [2.75, 3.05) is 0 Å². The Bertz CT molecular complexity index is 406. The Morgan fingerprint density at radius 3 is 2.92 bits per heavy atom. The van der Waals surface area contributed by atoms with Crippen LogP contribution < -0.4 is 11.3 Å². The Morgan fingerprint density at radius 2 is 2.08 bits per heavy atom. The maximum atomic E-state index is 5.28. The normalized spacial score (nSPS) is 10.5. The summed E-state index contributed by atoms with van der Waals surface area (Å²) in [5.41, 5.74) is 4.83. The van der Waals surface area contributed by atoms with Gasteiger partial charge in [-0.15, -0.1) is 0 Å². The third kappa shape index (κ3) is 1.52. The number of hydrogen-bond acceptors (Lipinski definition) is 3. The molecule has 0 saturated heterocycles. The molecular formula is C10H11N3. The second kappa shape index (κ2) is 3.51. The number of fused-ring (bicyclic) bond motifs is 1. The van der Waals surface area contributed by atoms with Gasteiger partial charge in [-0.2, -0.15) is 0 Å². The quantitative estimate of drug-likeness (QED) is 0.530. The largest absolute Gasteiger partial charge is 0.271 e. The zero-order chi connectivity index (χ0) is 9.10. The highest BCUT2D eigenvalue weighted by Crippen LogP contribution is 2.15. The van der Waals surface area contributed by atoms with Gasteiger partial charge in [0.25, 0.3) is 0 Å². The van der Waals surface area contributed by atoms with Crippen LogP contribution >= 0.6 is 0 Å².